The molecule has 1 atom stereocenters. The van der Waals surface area contributed by atoms with Crippen LogP contribution in [0, 0.1) is 10.1 Å². The Morgan fingerprint density at radius 2 is 2.04 bits per heavy atom. The van der Waals surface area contributed by atoms with Crippen LogP contribution in [0.15, 0.2) is 41.8 Å². The van der Waals surface area contributed by atoms with Crippen molar-refractivity contribution in [2.75, 3.05) is 12.0 Å². The number of carbonyl (C=O) groups is 2. The van der Waals surface area contributed by atoms with E-state index in [2.05, 4.69) is 10.9 Å². The number of hydrazine groups is 1. The maximum atomic E-state index is 12.5. The summed E-state index contributed by atoms with van der Waals surface area (Å²) in [7, 11) is 0. The second kappa shape index (κ2) is 7.31. The molecule has 2 amide bonds. The maximum absolute atomic E-state index is 12.5. The van der Waals surface area contributed by atoms with Crippen LogP contribution in [0.5, 0.6) is 0 Å². The Kier molecular flexibility index (Phi) is 4.94. The fourth-order valence-electron chi connectivity index (χ4n) is 2.77. The lowest BCUT2D eigenvalue weighted by atomic mass is 10.2. The number of hydrogen-bond acceptors (Lipinski definition) is 6. The van der Waals surface area contributed by atoms with Crippen molar-refractivity contribution in [3.8, 4) is 0 Å². The van der Waals surface area contributed by atoms with Gasteiger partial charge in [-0.2, -0.15) is 0 Å². The van der Waals surface area contributed by atoms with E-state index in [0.29, 0.717) is 17.8 Å². The summed E-state index contributed by atoms with van der Waals surface area (Å²) in [5, 5.41) is 12.8. The number of para-hydroxylation sites is 2. The van der Waals surface area contributed by atoms with Gasteiger partial charge in [0.25, 0.3) is 17.5 Å². The van der Waals surface area contributed by atoms with E-state index in [0.717, 1.165) is 6.42 Å². The second-order valence-corrected chi connectivity index (χ2v) is 6.47. The van der Waals surface area contributed by atoms with Crippen LogP contribution >= 0.6 is 11.3 Å². The summed E-state index contributed by atoms with van der Waals surface area (Å²) in [5.74, 6) is -0.557. The summed E-state index contributed by atoms with van der Waals surface area (Å²) in [4.78, 5) is 37.5. The first-order chi connectivity index (χ1) is 12.1. The van der Waals surface area contributed by atoms with E-state index in [1.165, 1.54) is 23.5 Å². The first kappa shape index (κ1) is 16.9. The predicted molar refractivity (Wildman–Crippen MR) is 93.2 cm³/mol. The van der Waals surface area contributed by atoms with Gasteiger partial charge in [-0.25, -0.2) is 0 Å². The van der Waals surface area contributed by atoms with Crippen LogP contribution in [0.3, 0.4) is 0 Å². The smallest absolute Gasteiger partial charge is 0.294 e. The number of nitro benzene ring substituents is 1. The van der Waals surface area contributed by atoms with Gasteiger partial charge in [-0.1, -0.05) is 18.2 Å². The van der Waals surface area contributed by atoms with Crippen molar-refractivity contribution in [2.24, 2.45) is 0 Å². The molecular weight excluding hydrogens is 344 g/mol. The molecule has 130 valence electrons. The number of rotatable bonds is 5. The van der Waals surface area contributed by atoms with Crippen LogP contribution in [0.4, 0.5) is 11.4 Å². The van der Waals surface area contributed by atoms with Crippen LogP contribution < -0.4 is 10.9 Å². The van der Waals surface area contributed by atoms with Crippen LogP contribution in [0.2, 0.25) is 0 Å². The van der Waals surface area contributed by atoms with E-state index in [4.69, 9.17) is 0 Å². The van der Waals surface area contributed by atoms with Gasteiger partial charge in [-0.15, -0.1) is 11.3 Å². The molecule has 0 unspecified atom stereocenters. The third-order valence-corrected chi connectivity index (χ3v) is 4.83. The Morgan fingerprint density at radius 3 is 2.76 bits per heavy atom. The van der Waals surface area contributed by atoms with Crippen LogP contribution in [-0.2, 0) is 4.79 Å². The van der Waals surface area contributed by atoms with Gasteiger partial charge in [-0.05, 0) is 30.4 Å². The highest BCUT2D eigenvalue weighted by Crippen LogP contribution is 2.24. The van der Waals surface area contributed by atoms with Crippen molar-refractivity contribution in [3.05, 3.63) is 56.8 Å². The molecule has 1 fully saturated rings. The second-order valence-electron chi connectivity index (χ2n) is 5.52. The van der Waals surface area contributed by atoms with Crippen molar-refractivity contribution in [3.63, 3.8) is 0 Å². The zero-order valence-electron chi connectivity index (χ0n) is 13.2. The first-order valence-corrected chi connectivity index (χ1v) is 8.59. The number of hydrogen-bond donors (Lipinski definition) is 2. The molecular formula is C16H16N4O4S. The zero-order chi connectivity index (χ0) is 17.8. The summed E-state index contributed by atoms with van der Waals surface area (Å²) in [6, 6.07) is 8.95. The molecule has 0 radical (unpaired) electrons. The molecule has 0 spiro atoms. The quantitative estimate of drug-likeness (QED) is 0.629. The van der Waals surface area contributed by atoms with Gasteiger partial charge in [0, 0.05) is 12.6 Å². The fraction of sp³-hybridized carbons (Fsp3) is 0.250. The number of likely N-dealkylation sites (tertiary alicyclic amines) is 1. The summed E-state index contributed by atoms with van der Waals surface area (Å²) < 4.78 is 0. The van der Waals surface area contributed by atoms with Crippen molar-refractivity contribution >= 4 is 34.5 Å². The third kappa shape index (κ3) is 3.61. The van der Waals surface area contributed by atoms with Crippen LogP contribution in [0.25, 0.3) is 0 Å². The number of nitrogens with one attached hydrogen (secondary N) is 2. The van der Waals surface area contributed by atoms with E-state index >= 15 is 0 Å². The Morgan fingerprint density at radius 1 is 1.24 bits per heavy atom. The largest absolute Gasteiger partial charge is 0.326 e. The molecule has 0 aliphatic carbocycles. The number of thiophene rings is 1. The zero-order valence-corrected chi connectivity index (χ0v) is 14.0. The van der Waals surface area contributed by atoms with E-state index < -0.39 is 11.0 Å². The van der Waals surface area contributed by atoms with Gasteiger partial charge in [0.1, 0.15) is 11.7 Å². The molecule has 2 aromatic rings. The predicted octanol–water partition coefficient (Wildman–Crippen LogP) is 2.40. The number of benzene rings is 1. The number of carbonyl (C=O) groups excluding carboxylic acids is 2. The van der Waals surface area contributed by atoms with Gasteiger partial charge in [-0.3, -0.25) is 30.6 Å². The molecule has 1 aromatic carbocycles. The van der Waals surface area contributed by atoms with E-state index in [9.17, 15) is 19.7 Å². The average molecular weight is 360 g/mol. The lowest BCUT2D eigenvalue weighted by Gasteiger charge is -2.23. The lowest BCUT2D eigenvalue weighted by Crippen LogP contribution is -2.47. The molecule has 1 saturated heterocycles. The van der Waals surface area contributed by atoms with Gasteiger partial charge >= 0.3 is 0 Å². The molecule has 8 nitrogen and oxygen atoms in total. The molecule has 2 N–H and O–H groups in total. The van der Waals surface area contributed by atoms with Crippen molar-refractivity contribution in [1.82, 2.24) is 10.3 Å². The highest BCUT2D eigenvalue weighted by atomic mass is 32.1. The normalized spacial score (nSPS) is 16.5. The molecule has 1 aliphatic heterocycles. The SMILES string of the molecule is O=C(NNc1ccccc1[N+](=O)[O-])[C@@H]1CCCN1C(=O)c1cccs1. The Balaban J connectivity index is 1.67. The average Bonchev–Trinajstić information content (AvgIpc) is 3.30. The van der Waals surface area contributed by atoms with Crippen molar-refractivity contribution in [2.45, 2.75) is 18.9 Å². The highest BCUT2D eigenvalue weighted by molar-refractivity contribution is 7.12. The van der Waals surface area contributed by atoms with Gasteiger partial charge in [0.2, 0.25) is 0 Å². The molecule has 3 rings (SSSR count). The summed E-state index contributed by atoms with van der Waals surface area (Å²) in [6.45, 7) is 0.514. The topological polar surface area (TPSA) is 105 Å². The Labute approximate surface area is 147 Å². The summed E-state index contributed by atoms with van der Waals surface area (Å²) in [5.41, 5.74) is 5.12. The van der Waals surface area contributed by atoms with Crippen molar-refractivity contribution < 1.29 is 14.5 Å². The monoisotopic (exact) mass is 360 g/mol. The van der Waals surface area contributed by atoms with Crippen LogP contribution in [0.1, 0.15) is 22.5 Å². The van der Waals surface area contributed by atoms with Crippen LogP contribution in [-0.4, -0.2) is 34.2 Å². The fourth-order valence-corrected chi connectivity index (χ4v) is 3.45. The van der Waals surface area contributed by atoms with E-state index in [-0.39, 0.29) is 23.2 Å². The molecule has 9 heteroatoms. The van der Waals surface area contributed by atoms with Gasteiger partial charge in [0.15, 0.2) is 0 Å². The molecule has 1 aromatic heterocycles. The molecule has 2 heterocycles. The highest BCUT2D eigenvalue weighted by Gasteiger charge is 2.35. The first-order valence-electron chi connectivity index (χ1n) is 7.71. The summed E-state index contributed by atoms with van der Waals surface area (Å²) >= 11 is 1.33. The van der Waals surface area contributed by atoms with E-state index in [1.54, 1.807) is 29.2 Å². The van der Waals surface area contributed by atoms with Gasteiger partial charge in [0.05, 0.1) is 9.80 Å². The Bertz CT molecular complexity index is 793. The number of nitro groups is 1. The van der Waals surface area contributed by atoms with E-state index in [1.807, 2.05) is 5.38 Å². The minimum Gasteiger partial charge on any atom is -0.326 e. The number of nitrogens with zero attached hydrogens (tertiary/aromatic N) is 2. The molecule has 1 aliphatic rings. The number of amides is 2. The standard InChI is InChI=1S/C16H16N4O4S/c21-15(18-17-11-5-1-2-6-12(11)20(23)24)13-7-3-9-19(13)16(22)14-8-4-10-25-14/h1-2,4-6,8,10,13,17H,3,7,9H2,(H,18,21)/t13-/m0/s1. The third-order valence-electron chi connectivity index (χ3n) is 3.97. The maximum Gasteiger partial charge on any atom is 0.294 e. The number of anilines is 1. The molecule has 25 heavy (non-hydrogen) atoms. The molecule has 0 bridgehead atoms. The minimum atomic E-state index is -0.593. The van der Waals surface area contributed by atoms with Gasteiger partial charge < -0.3 is 4.90 Å². The Hall–Kier alpha value is -2.94. The summed E-state index contributed by atoms with van der Waals surface area (Å²) in [6.07, 6.45) is 1.29. The minimum absolute atomic E-state index is 0.138. The molecule has 0 saturated carbocycles. The van der Waals surface area contributed by atoms with Crippen molar-refractivity contribution in [1.29, 1.82) is 0 Å². The lowest BCUT2D eigenvalue weighted by molar-refractivity contribution is -0.384.